The van der Waals surface area contributed by atoms with Crippen LogP contribution < -0.4 is 15.9 Å². The number of para-hydroxylation sites is 2. The molecule has 0 atom stereocenters. The Hall–Kier alpha value is -4.12. The van der Waals surface area contributed by atoms with Crippen LogP contribution in [0.15, 0.2) is 46.1 Å². The van der Waals surface area contributed by atoms with Gasteiger partial charge in [0.1, 0.15) is 6.54 Å². The van der Waals surface area contributed by atoms with Crippen LogP contribution in [-0.2, 0) is 11.3 Å². The van der Waals surface area contributed by atoms with Gasteiger partial charge >= 0.3 is 0 Å². The van der Waals surface area contributed by atoms with Crippen molar-refractivity contribution in [2.45, 2.75) is 13.5 Å². The summed E-state index contributed by atoms with van der Waals surface area (Å²) in [6.07, 6.45) is 1.39. The van der Waals surface area contributed by atoms with Crippen LogP contribution in [0.3, 0.4) is 0 Å². The first kappa shape index (κ1) is 21.1. The lowest BCUT2D eigenvalue weighted by Crippen LogP contribution is -2.23. The molecule has 164 valence electrons. The van der Waals surface area contributed by atoms with Gasteiger partial charge in [-0.25, -0.2) is 15.0 Å². The first-order valence-corrected chi connectivity index (χ1v) is 9.86. The number of aromatic hydroxyl groups is 1. The fourth-order valence-corrected chi connectivity index (χ4v) is 3.28. The number of carbonyl (C=O) groups is 1. The molecule has 4 N–H and O–H groups in total. The van der Waals surface area contributed by atoms with Crippen molar-refractivity contribution in [3.05, 3.63) is 47.0 Å². The summed E-state index contributed by atoms with van der Waals surface area (Å²) in [6, 6.07) is 10.3. The molecule has 11 nitrogen and oxygen atoms in total. The highest BCUT2D eigenvalue weighted by atomic mass is 35.5. The highest BCUT2D eigenvalue weighted by Gasteiger charge is 2.20. The van der Waals surface area contributed by atoms with Gasteiger partial charge in [-0.1, -0.05) is 23.7 Å². The highest BCUT2D eigenvalue weighted by molar-refractivity contribution is 6.32. The standard InChI is InChI=1S/C20H18ClN7O4/c1-2-31-15-8-11(7-12(21)18(15)30)9-23-25-16(29)10-28-14-6-4-3-5-13(14)24-20(28)17-19(22)27-32-26-17/h3-9,30H,2,10H2,1H3,(H2,22,27)(H,25,29)/b23-9+. The van der Waals surface area contributed by atoms with Gasteiger partial charge < -0.3 is 20.1 Å². The fourth-order valence-electron chi connectivity index (χ4n) is 3.06. The van der Waals surface area contributed by atoms with Crippen molar-refractivity contribution in [3.8, 4) is 23.0 Å². The highest BCUT2D eigenvalue weighted by Crippen LogP contribution is 2.34. The quantitative estimate of drug-likeness (QED) is 0.284. The number of fused-ring (bicyclic) bond motifs is 1. The molecule has 2 aromatic heterocycles. The molecule has 32 heavy (non-hydrogen) atoms. The zero-order valence-corrected chi connectivity index (χ0v) is 17.6. The molecule has 0 saturated heterocycles. The van der Waals surface area contributed by atoms with E-state index in [9.17, 15) is 9.90 Å². The SMILES string of the molecule is CCOc1cc(/C=N/NC(=O)Cn2c(-c3nonc3N)nc3ccccc32)cc(Cl)c1O. The predicted molar refractivity (Wildman–Crippen MR) is 117 cm³/mol. The maximum atomic E-state index is 12.6. The number of imidazole rings is 1. The van der Waals surface area contributed by atoms with E-state index in [4.69, 9.17) is 22.1 Å². The smallest absolute Gasteiger partial charge is 0.260 e. The van der Waals surface area contributed by atoms with Crippen LogP contribution in [0.25, 0.3) is 22.6 Å². The van der Waals surface area contributed by atoms with Crippen molar-refractivity contribution < 1.29 is 19.3 Å². The van der Waals surface area contributed by atoms with Crippen LogP contribution in [0.4, 0.5) is 5.82 Å². The molecule has 4 aromatic rings. The Kier molecular flexibility index (Phi) is 5.90. The summed E-state index contributed by atoms with van der Waals surface area (Å²) in [5, 5.41) is 21.3. The van der Waals surface area contributed by atoms with Crippen LogP contribution in [0.1, 0.15) is 12.5 Å². The maximum Gasteiger partial charge on any atom is 0.260 e. The first-order valence-electron chi connectivity index (χ1n) is 9.48. The van der Waals surface area contributed by atoms with E-state index in [0.717, 1.165) is 0 Å². The third-order valence-electron chi connectivity index (χ3n) is 4.44. The van der Waals surface area contributed by atoms with Crippen LogP contribution in [0.2, 0.25) is 5.02 Å². The summed E-state index contributed by atoms with van der Waals surface area (Å²) >= 11 is 6.01. The van der Waals surface area contributed by atoms with Gasteiger partial charge in [0.2, 0.25) is 0 Å². The number of rotatable bonds is 7. The molecular formula is C20H18ClN7O4. The Bertz CT molecular complexity index is 1310. The van der Waals surface area contributed by atoms with Crippen molar-refractivity contribution in [2.24, 2.45) is 5.10 Å². The predicted octanol–water partition coefficient (Wildman–Crippen LogP) is 2.58. The maximum absolute atomic E-state index is 12.6. The van der Waals surface area contributed by atoms with E-state index < -0.39 is 5.91 Å². The Morgan fingerprint density at radius 3 is 2.94 bits per heavy atom. The molecule has 2 heterocycles. The second kappa shape index (κ2) is 8.94. The summed E-state index contributed by atoms with van der Waals surface area (Å²) in [6.45, 7) is 2.03. The van der Waals surface area contributed by atoms with Crippen molar-refractivity contribution in [1.29, 1.82) is 0 Å². The van der Waals surface area contributed by atoms with Crippen molar-refractivity contribution in [2.75, 3.05) is 12.3 Å². The molecule has 12 heteroatoms. The third kappa shape index (κ3) is 4.18. The number of benzene rings is 2. The number of hydrazone groups is 1. The zero-order valence-electron chi connectivity index (χ0n) is 16.8. The molecule has 0 unspecified atom stereocenters. The van der Waals surface area contributed by atoms with E-state index in [2.05, 4.69) is 30.5 Å². The van der Waals surface area contributed by atoms with Crippen LogP contribution in [0.5, 0.6) is 11.5 Å². The number of nitrogens with zero attached hydrogens (tertiary/aromatic N) is 5. The van der Waals surface area contributed by atoms with Gasteiger partial charge in [-0.2, -0.15) is 5.10 Å². The number of ether oxygens (including phenoxy) is 1. The minimum atomic E-state index is -0.421. The lowest BCUT2D eigenvalue weighted by Gasteiger charge is -2.08. The number of nitrogens with two attached hydrogens (primary N) is 1. The summed E-state index contributed by atoms with van der Waals surface area (Å²) < 4.78 is 11.6. The van der Waals surface area contributed by atoms with Crippen molar-refractivity contribution in [3.63, 3.8) is 0 Å². The molecule has 0 aliphatic rings. The van der Waals surface area contributed by atoms with Gasteiger partial charge in [0, 0.05) is 0 Å². The summed E-state index contributed by atoms with van der Waals surface area (Å²) in [5.74, 6) is 0.0533. The fraction of sp³-hybridized carbons (Fsp3) is 0.150. The van der Waals surface area contributed by atoms with Gasteiger partial charge in [0.15, 0.2) is 28.8 Å². The molecule has 0 aliphatic carbocycles. The summed E-state index contributed by atoms with van der Waals surface area (Å²) in [7, 11) is 0. The van der Waals surface area contributed by atoms with Gasteiger partial charge in [-0.15, -0.1) is 0 Å². The van der Waals surface area contributed by atoms with Crippen molar-refractivity contribution >= 4 is 40.6 Å². The lowest BCUT2D eigenvalue weighted by molar-refractivity contribution is -0.121. The molecule has 0 saturated carbocycles. The van der Waals surface area contributed by atoms with Gasteiger partial charge in [-0.3, -0.25) is 4.79 Å². The van der Waals surface area contributed by atoms with Gasteiger partial charge in [0.05, 0.1) is 28.9 Å². The summed E-state index contributed by atoms with van der Waals surface area (Å²) in [5.41, 5.74) is 10.4. The van der Waals surface area contributed by atoms with Gasteiger partial charge in [0.25, 0.3) is 5.91 Å². The molecule has 0 bridgehead atoms. The second-order valence-electron chi connectivity index (χ2n) is 6.58. The monoisotopic (exact) mass is 455 g/mol. The second-order valence-corrected chi connectivity index (χ2v) is 6.99. The van der Waals surface area contributed by atoms with Crippen molar-refractivity contribution in [1.82, 2.24) is 25.3 Å². The number of carbonyl (C=O) groups excluding carboxylic acids is 1. The number of aromatic nitrogens is 4. The Morgan fingerprint density at radius 1 is 1.38 bits per heavy atom. The van der Waals surface area contributed by atoms with Crippen LogP contribution >= 0.6 is 11.6 Å². The summed E-state index contributed by atoms with van der Waals surface area (Å²) in [4.78, 5) is 17.1. The van der Waals surface area contributed by atoms with Crippen LogP contribution in [-0.4, -0.2) is 43.7 Å². The van der Waals surface area contributed by atoms with E-state index >= 15 is 0 Å². The van der Waals surface area contributed by atoms with E-state index in [1.54, 1.807) is 23.6 Å². The lowest BCUT2D eigenvalue weighted by atomic mass is 10.2. The van der Waals surface area contributed by atoms with E-state index in [0.29, 0.717) is 29.0 Å². The number of hydrogen-bond donors (Lipinski definition) is 3. The number of anilines is 1. The number of nitrogen functional groups attached to an aromatic ring is 1. The molecule has 0 fully saturated rings. The number of nitrogens with one attached hydrogen (secondary N) is 1. The number of amides is 1. The number of phenolic OH excluding ortho intramolecular Hbond substituents is 1. The minimum absolute atomic E-state index is 0.0642. The first-order chi connectivity index (χ1) is 15.5. The molecule has 1 amide bonds. The van der Waals surface area contributed by atoms with Crippen LogP contribution in [0, 0.1) is 0 Å². The zero-order chi connectivity index (χ0) is 22.7. The van der Waals surface area contributed by atoms with E-state index in [1.165, 1.54) is 12.3 Å². The minimum Gasteiger partial charge on any atom is -0.503 e. The molecule has 0 aliphatic heterocycles. The molecular weight excluding hydrogens is 438 g/mol. The topological polar surface area (TPSA) is 154 Å². The molecule has 0 spiro atoms. The van der Waals surface area contributed by atoms with Gasteiger partial charge in [-0.05, 0) is 47.1 Å². The largest absolute Gasteiger partial charge is 0.503 e. The molecule has 0 radical (unpaired) electrons. The average molecular weight is 456 g/mol. The number of halogens is 1. The Labute approximate surface area is 186 Å². The molecule has 2 aromatic carbocycles. The van der Waals surface area contributed by atoms with E-state index in [-0.39, 0.29) is 34.6 Å². The Morgan fingerprint density at radius 2 is 2.19 bits per heavy atom. The average Bonchev–Trinajstić information content (AvgIpc) is 3.35. The number of hydrogen-bond acceptors (Lipinski definition) is 9. The normalized spacial score (nSPS) is 11.3. The Balaban J connectivity index is 1.55. The van der Waals surface area contributed by atoms with E-state index in [1.807, 2.05) is 18.2 Å². The third-order valence-corrected chi connectivity index (χ3v) is 4.72. The number of phenols is 1. The molecule has 4 rings (SSSR count).